The molecule has 0 aliphatic heterocycles. The average molecular weight is 501 g/mol. The third-order valence-electron chi connectivity index (χ3n) is 2.19. The van der Waals surface area contributed by atoms with Crippen molar-refractivity contribution in [3.05, 3.63) is 41.4 Å². The Hall–Kier alpha value is -2.88. The molecule has 0 atom stereocenters. The standard InChI is InChI=1S/C11H10N2O2S.Rf/c1-13(11-12-5-6-16-11)9-4-2-3-8(7-9)10(14)15;/h2-7H,1H3,(H,14,15);. The Morgan fingerprint density at radius 1 is 1.47 bits per heavy atom. The summed E-state index contributed by atoms with van der Waals surface area (Å²) in [5, 5.41) is 11.6. The van der Waals surface area contributed by atoms with Gasteiger partial charge in [-0.25, -0.2) is 9.78 Å². The molecule has 0 radical (unpaired) electrons. The number of anilines is 2. The van der Waals surface area contributed by atoms with Crippen molar-refractivity contribution < 1.29 is 9.90 Å². The zero-order valence-electron chi connectivity index (χ0n) is 9.33. The Kier molecular flexibility index (Phi) is 3.41. The quantitative estimate of drug-likeness (QED) is 0.703. The van der Waals surface area contributed by atoms with Gasteiger partial charge in [-0.05, 0) is 18.2 Å². The van der Waals surface area contributed by atoms with E-state index in [9.17, 15) is 4.79 Å². The first-order valence-electron chi connectivity index (χ1n) is 4.65. The van der Waals surface area contributed by atoms with Gasteiger partial charge in [0.2, 0.25) is 0 Å². The normalized spacial score (nSPS) is 9.47. The molecule has 2 rings (SSSR count). The summed E-state index contributed by atoms with van der Waals surface area (Å²) >= 11 is 1.51. The molecule has 1 heterocycles. The zero-order valence-corrected chi connectivity index (χ0v) is 16.5. The summed E-state index contributed by atoms with van der Waals surface area (Å²) in [6.07, 6.45) is 1.72. The fourth-order valence-electron chi connectivity index (χ4n) is 1.34. The van der Waals surface area contributed by atoms with Crippen LogP contribution in [0, 0.1) is 0 Å². The second-order valence-corrected chi connectivity index (χ2v) is 4.10. The number of aromatic carboxylic acids is 1. The third kappa shape index (κ3) is 2.38. The summed E-state index contributed by atoms with van der Waals surface area (Å²) in [7, 11) is 1.86. The molecule has 0 aliphatic rings. The van der Waals surface area contributed by atoms with Crippen LogP contribution in [0.3, 0.4) is 0 Å². The van der Waals surface area contributed by atoms with E-state index in [-0.39, 0.29) is 5.56 Å². The molecule has 4 nitrogen and oxygen atoms in total. The molecule has 0 saturated heterocycles. The van der Waals surface area contributed by atoms with Crippen LogP contribution in [0.4, 0.5) is 10.8 Å². The van der Waals surface area contributed by atoms with Crippen molar-refractivity contribution in [3.8, 4) is 0 Å². The summed E-state index contributed by atoms with van der Waals surface area (Å²) in [4.78, 5) is 16.9. The Morgan fingerprint density at radius 2 is 2.24 bits per heavy atom. The van der Waals surface area contributed by atoms with Crippen molar-refractivity contribution in [2.45, 2.75) is 0 Å². The van der Waals surface area contributed by atoms with E-state index < -0.39 is 5.97 Å². The van der Waals surface area contributed by atoms with Crippen LogP contribution >= 0.6 is 11.3 Å². The van der Waals surface area contributed by atoms with E-state index in [1.165, 1.54) is 11.3 Å². The summed E-state index contributed by atoms with van der Waals surface area (Å²) in [5.41, 5.74) is 1.09. The van der Waals surface area contributed by atoms with Crippen LogP contribution in [0.25, 0.3) is 0 Å². The van der Waals surface area contributed by atoms with Gasteiger partial charge in [0.25, 0.3) is 0 Å². The van der Waals surface area contributed by atoms with Crippen LogP contribution < -0.4 is 4.90 Å². The fraction of sp³-hybridized carbons (Fsp3) is 0.0909. The van der Waals surface area contributed by atoms with Gasteiger partial charge in [-0.15, -0.1) is 11.3 Å². The minimum atomic E-state index is -0.922. The zero-order chi connectivity index (χ0) is 11.5. The number of carboxylic acid groups (broad SMARTS) is 1. The van der Waals surface area contributed by atoms with Crippen molar-refractivity contribution in [1.29, 1.82) is 0 Å². The van der Waals surface area contributed by atoms with Gasteiger partial charge in [0.1, 0.15) is 0 Å². The number of aromatic nitrogens is 1. The molecule has 1 aromatic carbocycles. The van der Waals surface area contributed by atoms with E-state index in [0.717, 1.165) is 10.8 Å². The van der Waals surface area contributed by atoms with Gasteiger partial charge in [0.15, 0.2) is 5.13 Å². The van der Waals surface area contributed by atoms with Crippen molar-refractivity contribution in [3.63, 3.8) is 0 Å². The minimum Gasteiger partial charge on any atom is -0.478 e. The minimum absolute atomic E-state index is 0. The van der Waals surface area contributed by atoms with Gasteiger partial charge in [-0.1, -0.05) is 6.07 Å². The molecule has 84 valence electrons. The molecular weight excluding hydrogens is 491 g/mol. The third-order valence-corrected chi connectivity index (χ3v) is 3.03. The van der Waals surface area contributed by atoms with Crippen molar-refractivity contribution in [2.75, 3.05) is 11.9 Å². The first kappa shape index (κ1) is 12.2. The topological polar surface area (TPSA) is 53.4 Å². The molecule has 0 spiro atoms. The molecule has 0 fully saturated rings. The Balaban J connectivity index is 0.00000144. The van der Waals surface area contributed by atoms with E-state index >= 15 is 0 Å². The van der Waals surface area contributed by atoms with Gasteiger partial charge < -0.3 is 10.0 Å². The van der Waals surface area contributed by atoms with Crippen LogP contribution in [0.15, 0.2) is 35.8 Å². The van der Waals surface area contributed by atoms with Crippen LogP contribution in [-0.4, -0.2) is 23.1 Å². The van der Waals surface area contributed by atoms with Crippen LogP contribution in [0.5, 0.6) is 0 Å². The molecule has 17 heavy (non-hydrogen) atoms. The smallest absolute Gasteiger partial charge is 0.335 e. The Morgan fingerprint density at radius 3 is 2.82 bits per heavy atom. The second-order valence-electron chi connectivity index (χ2n) is 3.23. The molecular formula is C11H10N2O2RfS. The number of thiazole rings is 1. The van der Waals surface area contributed by atoms with Crippen molar-refractivity contribution in [2.24, 2.45) is 0 Å². The maximum atomic E-state index is 10.8. The maximum absolute atomic E-state index is 10.8. The molecule has 1 N–H and O–H groups in total. The molecule has 0 unspecified atom stereocenters. The summed E-state index contributed by atoms with van der Waals surface area (Å²) < 4.78 is 0. The first-order valence-corrected chi connectivity index (χ1v) is 5.53. The number of hydrogen-bond donors (Lipinski definition) is 1. The largest absolute Gasteiger partial charge is 0.478 e. The molecule has 0 amide bonds. The number of benzene rings is 1. The fourth-order valence-corrected chi connectivity index (χ4v) is 1.97. The Labute approximate surface area is 96.8 Å². The number of carbonyl (C=O) groups is 1. The monoisotopic (exact) mass is 501 g/mol. The van der Waals surface area contributed by atoms with Crippen LogP contribution in [0.2, 0.25) is 0 Å². The van der Waals surface area contributed by atoms with Gasteiger partial charge >= 0.3 is 5.97 Å². The van der Waals surface area contributed by atoms with Crippen molar-refractivity contribution in [1.82, 2.24) is 4.98 Å². The summed E-state index contributed by atoms with van der Waals surface area (Å²) in [6, 6.07) is 6.78. The van der Waals surface area contributed by atoms with Crippen LogP contribution in [0.1, 0.15) is 10.4 Å². The maximum Gasteiger partial charge on any atom is 0.335 e. The van der Waals surface area contributed by atoms with Crippen LogP contribution in [-0.2, 0) is 0 Å². The van der Waals surface area contributed by atoms with Crippen molar-refractivity contribution >= 4 is 28.1 Å². The van der Waals surface area contributed by atoms with E-state index in [0.29, 0.717) is 0 Å². The summed E-state index contributed by atoms with van der Waals surface area (Å²) in [5.74, 6) is -0.922. The van der Waals surface area contributed by atoms with E-state index in [2.05, 4.69) is 4.98 Å². The van der Waals surface area contributed by atoms with E-state index in [1.54, 1.807) is 24.4 Å². The Bertz CT molecular complexity index is 502. The second kappa shape index (κ2) is 4.76. The predicted molar refractivity (Wildman–Crippen MR) is 63.6 cm³/mol. The number of carboxylic acids is 1. The average Bonchev–Trinajstić information content (AvgIpc) is 2.81. The predicted octanol–water partition coefficient (Wildman–Crippen LogP) is 2.61. The van der Waals surface area contributed by atoms with E-state index in [1.807, 2.05) is 23.4 Å². The molecule has 0 bridgehead atoms. The van der Waals surface area contributed by atoms with Gasteiger partial charge in [-0.2, -0.15) is 0 Å². The molecule has 2 aromatic rings. The molecule has 6 heteroatoms. The first-order chi connectivity index (χ1) is 7.68. The molecule has 0 saturated carbocycles. The number of nitrogens with zero attached hydrogens (tertiary/aromatic N) is 2. The molecule has 1 aromatic heterocycles. The van der Waals surface area contributed by atoms with Gasteiger partial charge in [-0.3, -0.25) is 0 Å². The SMILES string of the molecule is CN(c1cccc(C(=O)O)c1)c1nccs1.[Rf]. The number of rotatable bonds is 3. The summed E-state index contributed by atoms with van der Waals surface area (Å²) in [6.45, 7) is 0. The molecule has 0 aliphatic carbocycles. The van der Waals surface area contributed by atoms with Gasteiger partial charge in [0.05, 0.1) is 5.56 Å². The number of hydrogen-bond acceptors (Lipinski definition) is 4. The van der Waals surface area contributed by atoms with E-state index in [4.69, 9.17) is 5.11 Å². The van der Waals surface area contributed by atoms with Gasteiger partial charge in [0, 0.05) is 24.3 Å².